The van der Waals surface area contributed by atoms with Gasteiger partial charge in [-0.1, -0.05) is 17.7 Å². The topological polar surface area (TPSA) is 72.5 Å². The van der Waals surface area contributed by atoms with E-state index in [0.29, 0.717) is 13.0 Å². The molecular weight excluding hydrogens is 346 g/mol. The highest BCUT2D eigenvalue weighted by Crippen LogP contribution is 2.21. The van der Waals surface area contributed by atoms with Crippen LogP contribution in [0.4, 0.5) is 0 Å². The highest BCUT2D eigenvalue weighted by atomic mass is 35.5. The van der Waals surface area contributed by atoms with Crippen LogP contribution in [0.3, 0.4) is 0 Å². The molecule has 0 saturated carbocycles. The fourth-order valence-corrected chi connectivity index (χ4v) is 3.87. The Bertz CT molecular complexity index is 757. The van der Waals surface area contributed by atoms with E-state index in [0.717, 1.165) is 4.88 Å². The van der Waals surface area contributed by atoms with Gasteiger partial charge in [0.25, 0.3) is 0 Å². The van der Waals surface area contributed by atoms with Crippen LogP contribution in [0.25, 0.3) is 0 Å². The number of hydrogen-bond donors (Lipinski definition) is 1. The van der Waals surface area contributed by atoms with E-state index < -0.39 is 16.0 Å². The number of sulfonamides is 1. The molecule has 1 aromatic carbocycles. The van der Waals surface area contributed by atoms with E-state index in [1.54, 1.807) is 11.3 Å². The van der Waals surface area contributed by atoms with Crippen molar-refractivity contribution < 1.29 is 17.9 Å². The molecule has 5 nitrogen and oxygen atoms in total. The van der Waals surface area contributed by atoms with Crippen LogP contribution in [-0.2, 0) is 21.2 Å². The Hall–Kier alpha value is -1.41. The molecule has 8 heteroatoms. The molecule has 0 radical (unpaired) electrons. The first-order valence-electron chi connectivity index (χ1n) is 6.34. The number of ether oxygens (including phenoxy) is 1. The molecule has 22 heavy (non-hydrogen) atoms. The third kappa shape index (κ3) is 4.07. The lowest BCUT2D eigenvalue weighted by atomic mass is 10.2. The van der Waals surface area contributed by atoms with Crippen molar-refractivity contribution in [2.24, 2.45) is 0 Å². The molecule has 0 fully saturated rings. The summed E-state index contributed by atoms with van der Waals surface area (Å²) in [6, 6.07) is 7.76. The number of esters is 1. The number of carbonyl (C=O) groups is 1. The first kappa shape index (κ1) is 17.0. The Kier molecular flexibility index (Phi) is 5.57. The van der Waals surface area contributed by atoms with Crippen LogP contribution in [-0.4, -0.2) is 28.0 Å². The summed E-state index contributed by atoms with van der Waals surface area (Å²) in [4.78, 5) is 12.5. The molecule has 0 bridgehead atoms. The summed E-state index contributed by atoms with van der Waals surface area (Å²) in [6.45, 7) is 0.291. The zero-order valence-electron chi connectivity index (χ0n) is 11.7. The van der Waals surface area contributed by atoms with Crippen LogP contribution in [0, 0.1) is 0 Å². The quantitative estimate of drug-likeness (QED) is 0.805. The molecular formula is C14H14ClNO4S2. The minimum absolute atomic E-state index is 0.0105. The molecule has 0 aliphatic rings. The van der Waals surface area contributed by atoms with Gasteiger partial charge in [0.2, 0.25) is 10.0 Å². The Labute approximate surface area is 137 Å². The van der Waals surface area contributed by atoms with E-state index in [-0.39, 0.29) is 15.5 Å². The number of benzene rings is 1. The Morgan fingerprint density at radius 2 is 2.14 bits per heavy atom. The molecule has 0 spiro atoms. The zero-order valence-corrected chi connectivity index (χ0v) is 14.1. The molecule has 0 aliphatic carbocycles. The van der Waals surface area contributed by atoms with E-state index >= 15 is 0 Å². The molecule has 1 aromatic heterocycles. The number of hydrogen-bond acceptors (Lipinski definition) is 5. The number of nitrogens with one attached hydrogen (secondary N) is 1. The summed E-state index contributed by atoms with van der Waals surface area (Å²) in [5.41, 5.74) is 0.127. The first-order chi connectivity index (χ1) is 10.4. The lowest BCUT2D eigenvalue weighted by molar-refractivity contribution is 0.0601. The molecule has 0 aliphatic heterocycles. The second kappa shape index (κ2) is 7.23. The standard InChI is InChI=1S/C14H14ClNO4S2/c1-20-14(17)12-5-4-11(9-13(12)15)22(18,19)16-7-6-10-3-2-8-21-10/h2-5,8-9,16H,6-7H2,1H3. The highest BCUT2D eigenvalue weighted by Gasteiger charge is 2.18. The lowest BCUT2D eigenvalue weighted by Crippen LogP contribution is -2.26. The van der Waals surface area contributed by atoms with Gasteiger partial charge in [0.1, 0.15) is 0 Å². The zero-order chi connectivity index (χ0) is 16.2. The van der Waals surface area contributed by atoms with Crippen molar-refractivity contribution in [1.82, 2.24) is 4.72 Å². The summed E-state index contributed by atoms with van der Waals surface area (Å²) in [7, 11) is -2.44. The van der Waals surface area contributed by atoms with Crippen LogP contribution >= 0.6 is 22.9 Å². The molecule has 0 unspecified atom stereocenters. The molecule has 118 valence electrons. The summed E-state index contributed by atoms with van der Waals surface area (Å²) in [5.74, 6) is -0.611. The molecule has 0 atom stereocenters. The Morgan fingerprint density at radius 1 is 1.36 bits per heavy atom. The van der Waals surface area contributed by atoms with Crippen molar-refractivity contribution >= 4 is 38.9 Å². The third-order valence-corrected chi connectivity index (χ3v) is 5.61. The van der Waals surface area contributed by atoms with Gasteiger partial charge in [-0.3, -0.25) is 0 Å². The van der Waals surface area contributed by atoms with Crippen molar-refractivity contribution in [2.75, 3.05) is 13.7 Å². The minimum Gasteiger partial charge on any atom is -0.465 e. The van der Waals surface area contributed by atoms with Crippen molar-refractivity contribution in [3.63, 3.8) is 0 Å². The van der Waals surface area contributed by atoms with Gasteiger partial charge in [0, 0.05) is 11.4 Å². The lowest BCUT2D eigenvalue weighted by Gasteiger charge is -2.08. The average molecular weight is 360 g/mol. The van der Waals surface area contributed by atoms with Crippen LogP contribution in [0.15, 0.2) is 40.6 Å². The third-order valence-electron chi connectivity index (χ3n) is 2.90. The highest BCUT2D eigenvalue weighted by molar-refractivity contribution is 7.89. The van der Waals surface area contributed by atoms with E-state index in [4.69, 9.17) is 11.6 Å². The second-order valence-electron chi connectivity index (χ2n) is 4.36. The van der Waals surface area contributed by atoms with Gasteiger partial charge < -0.3 is 4.74 Å². The van der Waals surface area contributed by atoms with Gasteiger partial charge in [-0.15, -0.1) is 11.3 Å². The Balaban J connectivity index is 2.09. The summed E-state index contributed by atoms with van der Waals surface area (Å²) in [6.07, 6.45) is 0.616. The maximum Gasteiger partial charge on any atom is 0.339 e. The van der Waals surface area contributed by atoms with Gasteiger partial charge in [-0.25, -0.2) is 17.9 Å². The van der Waals surface area contributed by atoms with Gasteiger partial charge in [0.15, 0.2) is 0 Å². The first-order valence-corrected chi connectivity index (χ1v) is 9.08. The van der Waals surface area contributed by atoms with Crippen molar-refractivity contribution in [2.45, 2.75) is 11.3 Å². The van der Waals surface area contributed by atoms with E-state index in [1.165, 1.54) is 25.3 Å². The molecule has 2 aromatic rings. The van der Waals surface area contributed by atoms with Crippen LogP contribution < -0.4 is 4.72 Å². The summed E-state index contributed by atoms with van der Waals surface area (Å²) < 4.78 is 31.4. The average Bonchev–Trinajstić information content (AvgIpc) is 2.99. The molecule has 0 amide bonds. The van der Waals surface area contributed by atoms with Gasteiger partial charge in [-0.2, -0.15) is 0 Å². The molecule has 1 N–H and O–H groups in total. The maximum absolute atomic E-state index is 12.2. The van der Waals surface area contributed by atoms with E-state index in [1.807, 2.05) is 17.5 Å². The second-order valence-corrected chi connectivity index (χ2v) is 7.57. The normalized spacial score (nSPS) is 11.4. The summed E-state index contributed by atoms with van der Waals surface area (Å²) >= 11 is 7.51. The Morgan fingerprint density at radius 3 is 2.73 bits per heavy atom. The number of thiophene rings is 1. The van der Waals surface area contributed by atoms with Crippen LogP contribution in [0.2, 0.25) is 5.02 Å². The van der Waals surface area contributed by atoms with Crippen molar-refractivity contribution in [1.29, 1.82) is 0 Å². The van der Waals surface area contributed by atoms with Crippen LogP contribution in [0.5, 0.6) is 0 Å². The van der Waals surface area contributed by atoms with Gasteiger partial charge in [0.05, 0.1) is 22.6 Å². The predicted octanol–water partition coefficient (Wildman–Crippen LogP) is 2.71. The van der Waals surface area contributed by atoms with Crippen molar-refractivity contribution in [3.8, 4) is 0 Å². The number of carbonyl (C=O) groups excluding carboxylic acids is 1. The largest absolute Gasteiger partial charge is 0.465 e. The SMILES string of the molecule is COC(=O)c1ccc(S(=O)(=O)NCCc2cccs2)cc1Cl. The van der Waals surface area contributed by atoms with E-state index in [2.05, 4.69) is 9.46 Å². The molecule has 1 heterocycles. The van der Waals surface area contributed by atoms with Gasteiger partial charge in [-0.05, 0) is 36.1 Å². The number of methoxy groups -OCH3 is 1. The minimum atomic E-state index is -3.67. The van der Waals surface area contributed by atoms with Crippen LogP contribution in [0.1, 0.15) is 15.2 Å². The molecule has 2 rings (SSSR count). The monoisotopic (exact) mass is 359 g/mol. The number of rotatable bonds is 6. The van der Waals surface area contributed by atoms with Crippen molar-refractivity contribution in [3.05, 3.63) is 51.2 Å². The molecule has 0 saturated heterocycles. The van der Waals surface area contributed by atoms with E-state index in [9.17, 15) is 13.2 Å². The maximum atomic E-state index is 12.2. The predicted molar refractivity (Wildman–Crippen MR) is 86.0 cm³/mol. The smallest absolute Gasteiger partial charge is 0.339 e. The number of halogens is 1. The fourth-order valence-electron chi connectivity index (χ4n) is 1.79. The summed E-state index contributed by atoms with van der Waals surface area (Å²) in [5, 5.41) is 1.97. The fraction of sp³-hybridized carbons (Fsp3) is 0.214. The van der Waals surface area contributed by atoms with Gasteiger partial charge >= 0.3 is 5.97 Å².